The Bertz CT molecular complexity index is 528. The van der Waals surface area contributed by atoms with Crippen LogP contribution in [0.25, 0.3) is 0 Å². The molecule has 0 saturated carbocycles. The number of halogens is 2. The van der Waals surface area contributed by atoms with Gasteiger partial charge in [0.15, 0.2) is 5.82 Å². The van der Waals surface area contributed by atoms with Gasteiger partial charge in [-0.15, -0.1) is 0 Å². The number of ketones is 1. The van der Waals surface area contributed by atoms with E-state index in [1.165, 1.54) is 0 Å². The molecule has 0 N–H and O–H groups in total. The summed E-state index contributed by atoms with van der Waals surface area (Å²) in [7, 11) is 0. The zero-order chi connectivity index (χ0) is 12.6. The number of rotatable bonds is 3. The van der Waals surface area contributed by atoms with Crippen molar-refractivity contribution in [1.82, 2.24) is 0 Å². The summed E-state index contributed by atoms with van der Waals surface area (Å²) in [4.78, 5) is 34.1. The van der Waals surface area contributed by atoms with Crippen LogP contribution in [-0.4, -0.2) is 24.5 Å². The van der Waals surface area contributed by atoms with Crippen molar-refractivity contribution in [3.05, 3.63) is 29.3 Å². The maximum absolute atomic E-state index is 13.5. The Morgan fingerprint density at radius 3 is 2.59 bits per heavy atom. The Balaban J connectivity index is 2.52. The van der Waals surface area contributed by atoms with Gasteiger partial charge in [0.1, 0.15) is 12.1 Å². The fraction of sp³-hybridized carbons (Fsp3) is 0.182. The first-order valence-corrected chi connectivity index (χ1v) is 4.85. The highest BCUT2D eigenvalue weighted by Crippen LogP contribution is 2.32. The number of Topliss-reactive ketones (excluding diaryl/α,β-unsaturated/α-hetero) is 1. The molecule has 0 aliphatic carbocycles. The third kappa shape index (κ3) is 1.71. The summed E-state index contributed by atoms with van der Waals surface area (Å²) < 4.78 is 26.4. The molecule has 1 heterocycles. The Kier molecular flexibility index (Phi) is 2.71. The molecule has 0 unspecified atom stereocenters. The van der Waals surface area contributed by atoms with Gasteiger partial charge in [-0.3, -0.25) is 9.59 Å². The van der Waals surface area contributed by atoms with Crippen LogP contribution in [0.5, 0.6) is 0 Å². The summed E-state index contributed by atoms with van der Waals surface area (Å²) in [6.45, 7) is -0.0936. The molecule has 6 heteroatoms. The molecule has 0 fully saturated rings. The van der Waals surface area contributed by atoms with E-state index in [0.29, 0.717) is 12.4 Å². The molecule has 0 saturated heterocycles. The average molecular weight is 239 g/mol. The van der Waals surface area contributed by atoms with Crippen LogP contribution in [0.15, 0.2) is 12.1 Å². The number of hydrogen-bond donors (Lipinski definition) is 0. The number of carbonyl (C=O) groups is 3. The standard InChI is InChI=1S/C11H7F2NO3/c12-6-4-7-9(8(13)5-6)14(2-1-3-15)11(17)10(7)16/h3-5H,1-2H2. The van der Waals surface area contributed by atoms with E-state index >= 15 is 0 Å². The van der Waals surface area contributed by atoms with Gasteiger partial charge in [-0.05, 0) is 6.07 Å². The van der Waals surface area contributed by atoms with E-state index in [0.717, 1.165) is 11.0 Å². The zero-order valence-electron chi connectivity index (χ0n) is 8.57. The van der Waals surface area contributed by atoms with Gasteiger partial charge in [0, 0.05) is 19.0 Å². The van der Waals surface area contributed by atoms with Crippen molar-refractivity contribution in [3.8, 4) is 0 Å². The van der Waals surface area contributed by atoms with Crippen LogP contribution in [0.2, 0.25) is 0 Å². The lowest BCUT2D eigenvalue weighted by molar-refractivity contribution is -0.114. The number of fused-ring (bicyclic) bond motifs is 1. The molecule has 1 aromatic carbocycles. The van der Waals surface area contributed by atoms with Gasteiger partial charge in [0.05, 0.1) is 11.3 Å². The topological polar surface area (TPSA) is 54.5 Å². The summed E-state index contributed by atoms with van der Waals surface area (Å²) in [5.41, 5.74) is -0.540. The molecule has 1 aliphatic heterocycles. The fourth-order valence-electron chi connectivity index (χ4n) is 1.75. The minimum Gasteiger partial charge on any atom is -0.303 e. The second-order valence-corrected chi connectivity index (χ2v) is 3.53. The van der Waals surface area contributed by atoms with E-state index in [4.69, 9.17) is 0 Å². The van der Waals surface area contributed by atoms with E-state index in [-0.39, 0.29) is 24.2 Å². The monoisotopic (exact) mass is 239 g/mol. The SMILES string of the molecule is O=CCCN1C(=O)C(=O)c2cc(F)cc(F)c21. The van der Waals surface area contributed by atoms with Crippen LogP contribution >= 0.6 is 0 Å². The highest BCUT2D eigenvalue weighted by Gasteiger charge is 2.38. The van der Waals surface area contributed by atoms with Crippen molar-refractivity contribution in [1.29, 1.82) is 0 Å². The summed E-state index contributed by atoms with van der Waals surface area (Å²) in [6.07, 6.45) is 0.534. The van der Waals surface area contributed by atoms with Gasteiger partial charge < -0.3 is 9.69 Å². The predicted molar refractivity (Wildman–Crippen MR) is 53.7 cm³/mol. The number of amides is 1. The van der Waals surface area contributed by atoms with Gasteiger partial charge >= 0.3 is 0 Å². The number of aldehydes is 1. The minimum absolute atomic E-state index is 0.0186. The van der Waals surface area contributed by atoms with Gasteiger partial charge in [0.25, 0.3) is 11.7 Å². The number of nitrogens with zero attached hydrogens (tertiary/aromatic N) is 1. The molecular formula is C11H7F2NO3. The van der Waals surface area contributed by atoms with Gasteiger partial charge in [-0.1, -0.05) is 0 Å². The first-order valence-electron chi connectivity index (χ1n) is 4.85. The van der Waals surface area contributed by atoms with E-state index in [1.54, 1.807) is 0 Å². The van der Waals surface area contributed by atoms with Gasteiger partial charge in [-0.2, -0.15) is 0 Å². The lowest BCUT2D eigenvalue weighted by atomic mass is 10.1. The van der Waals surface area contributed by atoms with Crippen molar-refractivity contribution in [2.45, 2.75) is 6.42 Å². The third-order valence-electron chi connectivity index (χ3n) is 2.45. The van der Waals surface area contributed by atoms with Crippen LogP contribution < -0.4 is 4.90 Å². The number of carbonyl (C=O) groups excluding carboxylic acids is 3. The van der Waals surface area contributed by atoms with Gasteiger partial charge in [0.2, 0.25) is 0 Å². The smallest absolute Gasteiger partial charge is 0.299 e. The van der Waals surface area contributed by atoms with E-state index in [9.17, 15) is 23.2 Å². The highest BCUT2D eigenvalue weighted by molar-refractivity contribution is 6.52. The predicted octanol–water partition coefficient (Wildman–Crippen LogP) is 1.08. The van der Waals surface area contributed by atoms with Crippen molar-refractivity contribution < 1.29 is 23.2 Å². The Morgan fingerprint density at radius 1 is 1.24 bits per heavy atom. The van der Waals surface area contributed by atoms with Crippen molar-refractivity contribution in [2.24, 2.45) is 0 Å². The lowest BCUT2D eigenvalue weighted by Crippen LogP contribution is -2.31. The fourth-order valence-corrected chi connectivity index (χ4v) is 1.75. The molecule has 1 amide bonds. The molecule has 1 aliphatic rings. The highest BCUT2D eigenvalue weighted by atomic mass is 19.1. The van der Waals surface area contributed by atoms with Crippen LogP contribution in [0.1, 0.15) is 16.8 Å². The van der Waals surface area contributed by atoms with Crippen LogP contribution in [0.3, 0.4) is 0 Å². The Hall–Kier alpha value is -2.11. The first-order chi connectivity index (χ1) is 8.06. The molecule has 88 valence electrons. The maximum atomic E-state index is 13.5. The first kappa shape index (κ1) is 11.4. The van der Waals surface area contributed by atoms with E-state index in [1.807, 2.05) is 0 Å². The summed E-state index contributed by atoms with van der Waals surface area (Å²) in [5.74, 6) is -3.79. The number of anilines is 1. The zero-order valence-corrected chi connectivity index (χ0v) is 8.57. The molecule has 17 heavy (non-hydrogen) atoms. The Labute approximate surface area is 94.8 Å². The molecule has 0 radical (unpaired) electrons. The molecule has 1 aromatic rings. The van der Waals surface area contributed by atoms with E-state index < -0.39 is 23.3 Å². The number of benzene rings is 1. The minimum atomic E-state index is -0.981. The second-order valence-electron chi connectivity index (χ2n) is 3.53. The molecule has 0 atom stereocenters. The lowest BCUT2D eigenvalue weighted by Gasteiger charge is -2.15. The largest absolute Gasteiger partial charge is 0.303 e. The second kappa shape index (κ2) is 4.04. The molecular weight excluding hydrogens is 232 g/mol. The molecule has 0 bridgehead atoms. The van der Waals surface area contributed by atoms with Crippen LogP contribution in [-0.2, 0) is 9.59 Å². The summed E-state index contributed by atoms with van der Waals surface area (Å²) in [5, 5.41) is 0. The molecule has 2 rings (SSSR count). The van der Waals surface area contributed by atoms with Crippen LogP contribution in [0.4, 0.5) is 14.5 Å². The van der Waals surface area contributed by atoms with Crippen molar-refractivity contribution >= 4 is 23.7 Å². The van der Waals surface area contributed by atoms with Crippen molar-refractivity contribution in [2.75, 3.05) is 11.4 Å². The number of hydrogen-bond acceptors (Lipinski definition) is 3. The maximum Gasteiger partial charge on any atom is 0.299 e. The molecule has 4 nitrogen and oxygen atoms in total. The molecule has 0 spiro atoms. The summed E-state index contributed by atoms with van der Waals surface area (Å²) in [6, 6.07) is 1.41. The third-order valence-corrected chi connectivity index (χ3v) is 2.45. The molecule has 0 aromatic heterocycles. The van der Waals surface area contributed by atoms with Crippen LogP contribution in [0, 0.1) is 11.6 Å². The normalized spacial score (nSPS) is 14.1. The summed E-state index contributed by atoms with van der Waals surface area (Å²) >= 11 is 0. The quantitative estimate of drug-likeness (QED) is 0.586. The van der Waals surface area contributed by atoms with Crippen molar-refractivity contribution in [3.63, 3.8) is 0 Å². The Morgan fingerprint density at radius 2 is 1.94 bits per heavy atom. The van der Waals surface area contributed by atoms with E-state index in [2.05, 4.69) is 0 Å². The van der Waals surface area contributed by atoms with Gasteiger partial charge in [-0.25, -0.2) is 8.78 Å². The average Bonchev–Trinajstić information content (AvgIpc) is 2.51.